The molecule has 4 nitrogen and oxygen atoms in total. The Balaban J connectivity index is 2.10. The molecule has 2 aromatic heterocycles. The van der Waals surface area contributed by atoms with Crippen LogP contribution in [0, 0.1) is 12.3 Å². The number of hydrogen-bond donors (Lipinski definition) is 0. The van der Waals surface area contributed by atoms with E-state index in [-0.39, 0.29) is 11.9 Å². The van der Waals surface area contributed by atoms with Crippen molar-refractivity contribution in [2.24, 2.45) is 0 Å². The quantitative estimate of drug-likeness (QED) is 0.474. The normalized spacial score (nSPS) is 10.1. The van der Waals surface area contributed by atoms with Crippen LogP contribution in [-0.2, 0) is 11.3 Å². The molecular formula is C12H9ClN2O2. The summed E-state index contributed by atoms with van der Waals surface area (Å²) >= 11 is 5.69. The first kappa shape index (κ1) is 11.6. The zero-order valence-corrected chi connectivity index (χ0v) is 9.65. The highest BCUT2D eigenvalue weighted by Crippen LogP contribution is 2.21. The van der Waals surface area contributed by atoms with E-state index in [1.54, 1.807) is 18.3 Å². The van der Waals surface area contributed by atoms with Gasteiger partial charge in [0.25, 0.3) is 0 Å². The highest BCUT2D eigenvalue weighted by Gasteiger charge is 2.06. The minimum atomic E-state index is 0.184. The molecule has 0 unspecified atom stereocenters. The summed E-state index contributed by atoms with van der Waals surface area (Å²) in [6, 6.07) is 5.33. The van der Waals surface area contributed by atoms with Gasteiger partial charge in [0.1, 0.15) is 24.7 Å². The summed E-state index contributed by atoms with van der Waals surface area (Å²) in [4.78, 5) is 7.84. The van der Waals surface area contributed by atoms with E-state index in [0.29, 0.717) is 23.8 Å². The molecule has 0 saturated heterocycles. The SMILES string of the molecule is C#CCOCc1ccc(-c2ccnc(Cl)n2)o1. The maximum absolute atomic E-state index is 5.69. The number of nitrogens with zero attached hydrogens (tertiary/aromatic N) is 2. The van der Waals surface area contributed by atoms with Crippen LogP contribution in [-0.4, -0.2) is 16.6 Å². The van der Waals surface area contributed by atoms with Crippen LogP contribution in [0.25, 0.3) is 11.5 Å². The highest BCUT2D eigenvalue weighted by molar-refractivity contribution is 6.28. The van der Waals surface area contributed by atoms with Crippen LogP contribution in [0.5, 0.6) is 0 Å². The molecule has 17 heavy (non-hydrogen) atoms. The maximum Gasteiger partial charge on any atom is 0.222 e. The number of aromatic nitrogens is 2. The Morgan fingerprint density at radius 3 is 3.06 bits per heavy atom. The van der Waals surface area contributed by atoms with Crippen molar-refractivity contribution in [3.63, 3.8) is 0 Å². The summed E-state index contributed by atoms with van der Waals surface area (Å²) in [6.07, 6.45) is 6.64. The average Bonchev–Trinajstić information content (AvgIpc) is 2.78. The number of halogens is 1. The van der Waals surface area contributed by atoms with E-state index in [1.165, 1.54) is 0 Å². The molecule has 2 heterocycles. The summed E-state index contributed by atoms with van der Waals surface area (Å²) in [7, 11) is 0. The number of ether oxygens (including phenoxy) is 1. The van der Waals surface area contributed by atoms with Gasteiger partial charge >= 0.3 is 0 Å². The molecular weight excluding hydrogens is 240 g/mol. The summed E-state index contributed by atoms with van der Waals surface area (Å²) in [5.74, 6) is 3.69. The molecule has 86 valence electrons. The van der Waals surface area contributed by atoms with Crippen LogP contribution in [0.2, 0.25) is 5.28 Å². The van der Waals surface area contributed by atoms with Crippen LogP contribution in [0.4, 0.5) is 0 Å². The molecule has 0 saturated carbocycles. The third-order valence-electron chi connectivity index (χ3n) is 1.97. The van der Waals surface area contributed by atoms with E-state index < -0.39 is 0 Å². The zero-order valence-electron chi connectivity index (χ0n) is 8.89. The molecule has 5 heteroatoms. The summed E-state index contributed by atoms with van der Waals surface area (Å²) in [5, 5.41) is 0.184. The molecule has 0 bridgehead atoms. The van der Waals surface area contributed by atoms with Gasteiger partial charge in [-0.2, -0.15) is 0 Å². The highest BCUT2D eigenvalue weighted by atomic mass is 35.5. The minimum absolute atomic E-state index is 0.184. The molecule has 0 atom stereocenters. The second kappa shape index (κ2) is 5.48. The Morgan fingerprint density at radius 2 is 2.29 bits per heavy atom. The average molecular weight is 249 g/mol. The fraction of sp³-hybridized carbons (Fsp3) is 0.167. The fourth-order valence-corrected chi connectivity index (χ4v) is 1.42. The first-order chi connectivity index (χ1) is 8.29. The first-order valence-electron chi connectivity index (χ1n) is 4.88. The fourth-order valence-electron chi connectivity index (χ4n) is 1.28. The monoisotopic (exact) mass is 248 g/mol. The Hall–Kier alpha value is -1.83. The van der Waals surface area contributed by atoms with E-state index >= 15 is 0 Å². The molecule has 0 radical (unpaired) electrons. The Morgan fingerprint density at radius 1 is 1.41 bits per heavy atom. The van der Waals surface area contributed by atoms with Gasteiger partial charge in [0.05, 0.1) is 0 Å². The van der Waals surface area contributed by atoms with Gasteiger partial charge < -0.3 is 9.15 Å². The van der Waals surface area contributed by atoms with Crippen molar-refractivity contribution in [3.05, 3.63) is 35.4 Å². The molecule has 0 amide bonds. The molecule has 0 spiro atoms. The van der Waals surface area contributed by atoms with Crippen molar-refractivity contribution >= 4 is 11.6 Å². The van der Waals surface area contributed by atoms with Gasteiger partial charge in [0, 0.05) is 6.20 Å². The van der Waals surface area contributed by atoms with Gasteiger partial charge in [-0.3, -0.25) is 0 Å². The van der Waals surface area contributed by atoms with Gasteiger partial charge in [0.2, 0.25) is 5.28 Å². The second-order valence-electron chi connectivity index (χ2n) is 3.17. The second-order valence-corrected chi connectivity index (χ2v) is 3.51. The Bertz CT molecular complexity index is 545. The van der Waals surface area contributed by atoms with Crippen LogP contribution >= 0.6 is 11.6 Å². The first-order valence-corrected chi connectivity index (χ1v) is 5.26. The van der Waals surface area contributed by atoms with Crippen molar-refractivity contribution in [2.45, 2.75) is 6.61 Å². The van der Waals surface area contributed by atoms with E-state index in [0.717, 1.165) is 0 Å². The third kappa shape index (κ3) is 3.06. The molecule has 0 aliphatic carbocycles. The predicted molar refractivity (Wildman–Crippen MR) is 63.2 cm³/mol. The molecule has 0 aliphatic rings. The number of furan rings is 1. The molecule has 0 fully saturated rings. The molecule has 0 aliphatic heterocycles. The lowest BCUT2D eigenvalue weighted by molar-refractivity contribution is 0.136. The van der Waals surface area contributed by atoms with Crippen molar-refractivity contribution in [1.82, 2.24) is 9.97 Å². The zero-order chi connectivity index (χ0) is 12.1. The largest absolute Gasteiger partial charge is 0.457 e. The van der Waals surface area contributed by atoms with E-state index in [2.05, 4.69) is 15.9 Å². The number of terminal acetylenes is 1. The van der Waals surface area contributed by atoms with Crippen LogP contribution < -0.4 is 0 Å². The lowest BCUT2D eigenvalue weighted by Gasteiger charge is -1.97. The van der Waals surface area contributed by atoms with Gasteiger partial charge in [-0.1, -0.05) is 5.92 Å². The standard InChI is InChI=1S/C12H9ClN2O2/c1-2-7-16-8-9-3-4-11(17-9)10-5-6-14-12(13)15-10/h1,3-6H,7-8H2. The molecule has 0 N–H and O–H groups in total. The van der Waals surface area contributed by atoms with Crippen molar-refractivity contribution < 1.29 is 9.15 Å². The van der Waals surface area contributed by atoms with Gasteiger partial charge in [-0.25, -0.2) is 9.97 Å². The van der Waals surface area contributed by atoms with E-state index in [4.69, 9.17) is 27.2 Å². The smallest absolute Gasteiger partial charge is 0.222 e. The number of hydrogen-bond acceptors (Lipinski definition) is 4. The van der Waals surface area contributed by atoms with Crippen LogP contribution in [0.15, 0.2) is 28.8 Å². The van der Waals surface area contributed by atoms with E-state index in [1.807, 2.05) is 6.07 Å². The topological polar surface area (TPSA) is 48.2 Å². The Kier molecular flexibility index (Phi) is 3.76. The van der Waals surface area contributed by atoms with Crippen LogP contribution in [0.1, 0.15) is 5.76 Å². The van der Waals surface area contributed by atoms with Gasteiger partial charge in [-0.05, 0) is 29.8 Å². The summed E-state index contributed by atoms with van der Waals surface area (Å²) in [5.41, 5.74) is 0.633. The number of rotatable bonds is 4. The molecule has 0 aromatic carbocycles. The lowest BCUT2D eigenvalue weighted by Crippen LogP contribution is -1.90. The van der Waals surface area contributed by atoms with Gasteiger partial charge in [0.15, 0.2) is 5.76 Å². The van der Waals surface area contributed by atoms with Gasteiger partial charge in [-0.15, -0.1) is 6.42 Å². The lowest BCUT2D eigenvalue weighted by atomic mass is 10.3. The maximum atomic E-state index is 5.69. The van der Waals surface area contributed by atoms with Crippen molar-refractivity contribution in [3.8, 4) is 23.8 Å². The third-order valence-corrected chi connectivity index (χ3v) is 2.15. The summed E-state index contributed by atoms with van der Waals surface area (Å²) < 4.78 is 10.7. The predicted octanol–water partition coefficient (Wildman–Crippen LogP) is 2.54. The van der Waals surface area contributed by atoms with Crippen LogP contribution in [0.3, 0.4) is 0 Å². The molecule has 2 aromatic rings. The minimum Gasteiger partial charge on any atom is -0.457 e. The summed E-state index contributed by atoms with van der Waals surface area (Å²) in [6.45, 7) is 0.596. The molecule has 2 rings (SSSR count). The van der Waals surface area contributed by atoms with Crippen molar-refractivity contribution in [2.75, 3.05) is 6.61 Å². The van der Waals surface area contributed by atoms with Crippen molar-refractivity contribution in [1.29, 1.82) is 0 Å². The Labute approximate surface area is 104 Å². The van der Waals surface area contributed by atoms with E-state index in [9.17, 15) is 0 Å².